The molecule has 0 saturated heterocycles. The van der Waals surface area contributed by atoms with Gasteiger partial charge in [-0.15, -0.1) is 0 Å². The van der Waals surface area contributed by atoms with E-state index >= 15 is 0 Å². The lowest BCUT2D eigenvalue weighted by Gasteiger charge is -2.20. The van der Waals surface area contributed by atoms with Gasteiger partial charge < -0.3 is 5.32 Å². The van der Waals surface area contributed by atoms with Crippen LogP contribution in [0.1, 0.15) is 36.0 Å². The monoisotopic (exact) mass is 345 g/mol. The number of benzene rings is 2. The van der Waals surface area contributed by atoms with Crippen molar-refractivity contribution in [1.29, 1.82) is 0 Å². The fourth-order valence-corrected chi connectivity index (χ4v) is 3.04. The predicted molar refractivity (Wildman–Crippen MR) is 94.9 cm³/mol. The van der Waals surface area contributed by atoms with E-state index in [0.717, 1.165) is 24.0 Å². The zero-order chi connectivity index (χ0) is 15.1. The maximum atomic E-state index is 3.59. The summed E-state index contributed by atoms with van der Waals surface area (Å²) in [6, 6.07) is 17.4. The Morgan fingerprint density at radius 1 is 1.10 bits per heavy atom. The van der Waals surface area contributed by atoms with Crippen LogP contribution in [-0.4, -0.2) is 13.1 Å². The molecule has 0 saturated carbocycles. The molecule has 1 nitrogen and oxygen atoms in total. The van der Waals surface area contributed by atoms with Gasteiger partial charge in [0, 0.05) is 16.9 Å². The van der Waals surface area contributed by atoms with Crippen molar-refractivity contribution in [3.05, 3.63) is 69.7 Å². The molecular formula is C19H24BrN. The van der Waals surface area contributed by atoms with Gasteiger partial charge in [0.05, 0.1) is 0 Å². The first-order chi connectivity index (χ1) is 10.2. The van der Waals surface area contributed by atoms with E-state index in [0.29, 0.717) is 5.92 Å². The molecule has 1 atom stereocenters. The first kappa shape index (κ1) is 16.3. The summed E-state index contributed by atoms with van der Waals surface area (Å²) in [7, 11) is 0. The molecule has 0 heterocycles. The van der Waals surface area contributed by atoms with Crippen molar-refractivity contribution in [3.63, 3.8) is 0 Å². The highest BCUT2D eigenvalue weighted by Gasteiger charge is 2.13. The third-order valence-electron chi connectivity index (χ3n) is 3.87. The second-order valence-corrected chi connectivity index (χ2v) is 6.50. The quantitative estimate of drug-likeness (QED) is 0.689. The van der Waals surface area contributed by atoms with E-state index in [1.165, 1.54) is 23.1 Å². The lowest BCUT2D eigenvalue weighted by Crippen LogP contribution is -2.24. The Morgan fingerprint density at radius 2 is 1.90 bits per heavy atom. The zero-order valence-corrected chi connectivity index (χ0v) is 14.5. The van der Waals surface area contributed by atoms with E-state index < -0.39 is 0 Å². The lowest BCUT2D eigenvalue weighted by molar-refractivity contribution is 0.575. The van der Waals surface area contributed by atoms with Crippen LogP contribution < -0.4 is 5.32 Å². The molecule has 1 N–H and O–H groups in total. The van der Waals surface area contributed by atoms with Crippen molar-refractivity contribution >= 4 is 15.9 Å². The van der Waals surface area contributed by atoms with Crippen LogP contribution in [0.15, 0.2) is 53.0 Å². The molecule has 2 aromatic rings. The van der Waals surface area contributed by atoms with Crippen LogP contribution >= 0.6 is 15.9 Å². The topological polar surface area (TPSA) is 12.0 Å². The molecule has 112 valence electrons. The summed E-state index contributed by atoms with van der Waals surface area (Å²) in [4.78, 5) is 0. The van der Waals surface area contributed by atoms with Crippen molar-refractivity contribution < 1.29 is 0 Å². The van der Waals surface area contributed by atoms with Crippen LogP contribution in [0.2, 0.25) is 0 Å². The second kappa shape index (κ2) is 8.35. The molecule has 1 unspecified atom stereocenters. The second-order valence-electron chi connectivity index (χ2n) is 5.59. The van der Waals surface area contributed by atoms with Gasteiger partial charge in [-0.25, -0.2) is 0 Å². The maximum Gasteiger partial charge on any atom is 0.0178 e. The first-order valence-electron chi connectivity index (χ1n) is 7.71. The SMILES string of the molecule is CCCNCC(Cc1ccccc1C)c1cccc(Br)c1. The summed E-state index contributed by atoms with van der Waals surface area (Å²) in [5.74, 6) is 0.509. The average molecular weight is 346 g/mol. The summed E-state index contributed by atoms with van der Waals surface area (Å²) >= 11 is 3.59. The molecule has 0 aliphatic rings. The van der Waals surface area contributed by atoms with Crippen molar-refractivity contribution in [2.24, 2.45) is 0 Å². The van der Waals surface area contributed by atoms with Gasteiger partial charge in [0.1, 0.15) is 0 Å². The van der Waals surface area contributed by atoms with Crippen LogP contribution in [0.3, 0.4) is 0 Å². The van der Waals surface area contributed by atoms with E-state index in [9.17, 15) is 0 Å². The van der Waals surface area contributed by atoms with Gasteiger partial charge in [-0.05, 0) is 55.1 Å². The van der Waals surface area contributed by atoms with Gasteiger partial charge in [-0.1, -0.05) is 59.3 Å². The van der Waals surface area contributed by atoms with Gasteiger partial charge in [0.2, 0.25) is 0 Å². The molecule has 0 radical (unpaired) electrons. The molecular weight excluding hydrogens is 322 g/mol. The van der Waals surface area contributed by atoms with E-state index in [4.69, 9.17) is 0 Å². The third-order valence-corrected chi connectivity index (χ3v) is 4.36. The smallest absolute Gasteiger partial charge is 0.0178 e. The van der Waals surface area contributed by atoms with Crippen molar-refractivity contribution in [2.75, 3.05) is 13.1 Å². The predicted octanol–water partition coefficient (Wildman–Crippen LogP) is 5.08. The molecule has 0 spiro atoms. The van der Waals surface area contributed by atoms with E-state index in [1.807, 2.05) is 0 Å². The highest BCUT2D eigenvalue weighted by atomic mass is 79.9. The van der Waals surface area contributed by atoms with Crippen molar-refractivity contribution in [2.45, 2.75) is 32.6 Å². The summed E-state index contributed by atoms with van der Waals surface area (Å²) < 4.78 is 1.16. The Kier molecular flexibility index (Phi) is 6.47. The molecule has 0 aliphatic heterocycles. The number of nitrogens with one attached hydrogen (secondary N) is 1. The molecule has 2 aromatic carbocycles. The summed E-state index contributed by atoms with van der Waals surface area (Å²) in [6.07, 6.45) is 2.26. The van der Waals surface area contributed by atoms with Crippen LogP contribution in [0.25, 0.3) is 0 Å². The number of hydrogen-bond acceptors (Lipinski definition) is 1. The van der Waals surface area contributed by atoms with Crippen molar-refractivity contribution in [3.8, 4) is 0 Å². The number of halogens is 1. The normalized spacial score (nSPS) is 12.3. The molecule has 0 aliphatic carbocycles. The summed E-state index contributed by atoms with van der Waals surface area (Å²) in [5, 5.41) is 3.58. The first-order valence-corrected chi connectivity index (χ1v) is 8.50. The number of hydrogen-bond donors (Lipinski definition) is 1. The van der Waals surface area contributed by atoms with Gasteiger partial charge >= 0.3 is 0 Å². The van der Waals surface area contributed by atoms with Crippen LogP contribution in [0.5, 0.6) is 0 Å². The average Bonchev–Trinajstić information content (AvgIpc) is 2.48. The zero-order valence-electron chi connectivity index (χ0n) is 12.9. The standard InChI is InChI=1S/C19H24BrN/c1-3-11-21-14-18(17-9-6-10-19(20)13-17)12-16-8-5-4-7-15(16)2/h4-10,13,18,21H,3,11-12,14H2,1-2H3. The van der Waals surface area contributed by atoms with Gasteiger partial charge in [0.15, 0.2) is 0 Å². The Bertz CT molecular complexity index is 565. The molecule has 0 bridgehead atoms. The Morgan fingerprint density at radius 3 is 2.62 bits per heavy atom. The Labute approximate surface area is 136 Å². The molecule has 0 amide bonds. The van der Waals surface area contributed by atoms with Crippen LogP contribution in [0, 0.1) is 6.92 Å². The minimum absolute atomic E-state index is 0.509. The largest absolute Gasteiger partial charge is 0.316 e. The number of rotatable bonds is 7. The van der Waals surface area contributed by atoms with Crippen LogP contribution in [-0.2, 0) is 6.42 Å². The summed E-state index contributed by atoms with van der Waals surface area (Å²) in [5.41, 5.74) is 4.23. The fourth-order valence-electron chi connectivity index (χ4n) is 2.63. The summed E-state index contributed by atoms with van der Waals surface area (Å²) in [6.45, 7) is 6.52. The minimum atomic E-state index is 0.509. The number of aryl methyl sites for hydroxylation is 1. The fraction of sp³-hybridized carbons (Fsp3) is 0.368. The Hall–Kier alpha value is -1.12. The molecule has 21 heavy (non-hydrogen) atoms. The van der Waals surface area contributed by atoms with Crippen LogP contribution in [0.4, 0.5) is 0 Å². The minimum Gasteiger partial charge on any atom is -0.316 e. The molecule has 0 aromatic heterocycles. The van der Waals surface area contributed by atoms with Gasteiger partial charge in [-0.3, -0.25) is 0 Å². The molecule has 2 heteroatoms. The lowest BCUT2D eigenvalue weighted by atomic mass is 9.90. The third kappa shape index (κ3) is 4.98. The molecule has 0 fully saturated rings. The van der Waals surface area contributed by atoms with Gasteiger partial charge in [-0.2, -0.15) is 0 Å². The van der Waals surface area contributed by atoms with E-state index in [1.54, 1.807) is 0 Å². The maximum absolute atomic E-state index is 3.59. The highest BCUT2D eigenvalue weighted by molar-refractivity contribution is 9.10. The molecule has 2 rings (SSSR count). The van der Waals surface area contributed by atoms with E-state index in [2.05, 4.69) is 83.6 Å². The highest BCUT2D eigenvalue weighted by Crippen LogP contribution is 2.24. The Balaban J connectivity index is 2.17. The van der Waals surface area contributed by atoms with Crippen molar-refractivity contribution in [1.82, 2.24) is 5.32 Å². The van der Waals surface area contributed by atoms with E-state index in [-0.39, 0.29) is 0 Å². The van der Waals surface area contributed by atoms with Gasteiger partial charge in [0.25, 0.3) is 0 Å².